The molecule has 2 N–H and O–H groups in total. The predicted molar refractivity (Wildman–Crippen MR) is 152 cm³/mol. The fourth-order valence-electron chi connectivity index (χ4n) is 4.44. The van der Waals surface area contributed by atoms with Crippen LogP contribution in [0, 0.1) is 11.3 Å². The number of fused-ring (bicyclic) bond motifs is 1. The van der Waals surface area contributed by atoms with Gasteiger partial charge in [0.15, 0.2) is 11.5 Å². The summed E-state index contributed by atoms with van der Waals surface area (Å²) >= 11 is 0. The molecule has 1 aliphatic rings. The van der Waals surface area contributed by atoms with E-state index in [-0.39, 0.29) is 5.91 Å². The van der Waals surface area contributed by atoms with Crippen LogP contribution in [0.5, 0.6) is 11.5 Å². The Morgan fingerprint density at radius 1 is 1.05 bits per heavy atom. The van der Waals surface area contributed by atoms with Crippen LogP contribution in [0.3, 0.4) is 0 Å². The number of carbonyl (C=O) groups excluding carboxylic acids is 1. The van der Waals surface area contributed by atoms with Crippen molar-refractivity contribution in [2.75, 3.05) is 57.2 Å². The molecule has 1 saturated heterocycles. The van der Waals surface area contributed by atoms with Crippen LogP contribution in [0.2, 0.25) is 0 Å². The van der Waals surface area contributed by atoms with Crippen LogP contribution in [0.4, 0.5) is 17.2 Å². The van der Waals surface area contributed by atoms with Crippen molar-refractivity contribution < 1.29 is 19.0 Å². The number of anilines is 3. The van der Waals surface area contributed by atoms with Gasteiger partial charge < -0.3 is 24.8 Å². The Balaban J connectivity index is 1.27. The molecule has 0 aliphatic carbocycles. The third kappa shape index (κ3) is 6.64. The predicted octanol–water partition coefficient (Wildman–Crippen LogP) is 4.61. The molecule has 10 heteroatoms. The van der Waals surface area contributed by atoms with Crippen LogP contribution >= 0.6 is 0 Å². The van der Waals surface area contributed by atoms with E-state index < -0.39 is 0 Å². The average Bonchev–Trinajstić information content (AvgIpc) is 3.00. The molecule has 2 heterocycles. The van der Waals surface area contributed by atoms with Gasteiger partial charge in [0.2, 0.25) is 0 Å². The van der Waals surface area contributed by atoms with Gasteiger partial charge in [-0.3, -0.25) is 9.69 Å². The second-order valence-corrected chi connectivity index (χ2v) is 9.25. The number of amides is 1. The zero-order valence-corrected chi connectivity index (χ0v) is 22.2. The van der Waals surface area contributed by atoms with Crippen LogP contribution in [0.25, 0.3) is 10.9 Å². The minimum atomic E-state index is -0.267. The van der Waals surface area contributed by atoms with Crippen molar-refractivity contribution >= 4 is 34.0 Å². The molecule has 204 valence electrons. The molecule has 1 aliphatic heterocycles. The zero-order chi connectivity index (χ0) is 27.7. The van der Waals surface area contributed by atoms with E-state index in [2.05, 4.69) is 25.5 Å². The maximum Gasteiger partial charge on any atom is 0.255 e. The van der Waals surface area contributed by atoms with E-state index in [1.807, 2.05) is 36.4 Å². The standard InChI is InChI=1S/C30H30N6O4/c1-38-27-17-25-26(18-28(27)40-13-3-10-36-11-14-39-15-12-36)32-20-33-29(25)34-23-4-2-5-24(16-23)35-30(37)22-8-6-21(19-31)7-9-22/h2,4-9,16-18,20H,3,10-15H2,1H3,(H,35,37)(H,32,33,34). The summed E-state index contributed by atoms with van der Waals surface area (Å²) in [5, 5.41) is 15.9. The second kappa shape index (κ2) is 12.9. The normalized spacial score (nSPS) is 13.4. The van der Waals surface area contributed by atoms with E-state index in [1.54, 1.807) is 37.4 Å². The number of rotatable bonds is 10. The SMILES string of the molecule is COc1cc2c(Nc3cccc(NC(=O)c4ccc(C#N)cc4)c3)ncnc2cc1OCCCN1CCOCC1. The third-order valence-corrected chi connectivity index (χ3v) is 6.56. The van der Waals surface area contributed by atoms with E-state index in [9.17, 15) is 4.79 Å². The van der Waals surface area contributed by atoms with Crippen molar-refractivity contribution in [2.24, 2.45) is 0 Å². The summed E-state index contributed by atoms with van der Waals surface area (Å²) in [7, 11) is 1.61. The molecule has 1 fully saturated rings. The van der Waals surface area contributed by atoms with Crippen molar-refractivity contribution in [3.8, 4) is 17.6 Å². The number of hydrogen-bond donors (Lipinski definition) is 2. The molecule has 0 saturated carbocycles. The van der Waals surface area contributed by atoms with Gasteiger partial charge >= 0.3 is 0 Å². The van der Waals surface area contributed by atoms with Gasteiger partial charge in [-0.1, -0.05) is 6.07 Å². The first-order valence-corrected chi connectivity index (χ1v) is 13.1. The van der Waals surface area contributed by atoms with Gasteiger partial charge in [-0.25, -0.2) is 9.97 Å². The Morgan fingerprint density at radius 3 is 2.62 bits per heavy atom. The quantitative estimate of drug-likeness (QED) is 0.279. The van der Waals surface area contributed by atoms with Crippen LogP contribution in [-0.4, -0.2) is 67.3 Å². The summed E-state index contributed by atoms with van der Waals surface area (Å²) in [4.78, 5) is 23.9. The van der Waals surface area contributed by atoms with Gasteiger partial charge in [-0.2, -0.15) is 5.26 Å². The summed E-state index contributed by atoms with van der Waals surface area (Å²) in [5.74, 6) is 1.56. The van der Waals surface area contributed by atoms with Crippen molar-refractivity contribution in [3.05, 3.63) is 78.1 Å². The number of carbonyl (C=O) groups is 1. The van der Waals surface area contributed by atoms with E-state index in [0.717, 1.165) is 50.3 Å². The Morgan fingerprint density at radius 2 is 1.85 bits per heavy atom. The number of nitriles is 1. The topological polar surface area (TPSA) is 122 Å². The molecule has 10 nitrogen and oxygen atoms in total. The Kier molecular flexibility index (Phi) is 8.66. The highest BCUT2D eigenvalue weighted by atomic mass is 16.5. The second-order valence-electron chi connectivity index (χ2n) is 9.25. The van der Waals surface area contributed by atoms with Crippen LogP contribution in [0.1, 0.15) is 22.3 Å². The maximum absolute atomic E-state index is 12.7. The number of nitrogens with one attached hydrogen (secondary N) is 2. The molecule has 0 spiro atoms. The first kappa shape index (κ1) is 26.9. The highest BCUT2D eigenvalue weighted by molar-refractivity contribution is 6.04. The van der Waals surface area contributed by atoms with E-state index in [1.165, 1.54) is 6.33 Å². The van der Waals surface area contributed by atoms with E-state index in [4.69, 9.17) is 19.5 Å². The Bertz CT molecular complexity index is 1510. The smallest absolute Gasteiger partial charge is 0.255 e. The molecule has 1 amide bonds. The van der Waals surface area contributed by atoms with E-state index in [0.29, 0.717) is 46.3 Å². The lowest BCUT2D eigenvalue weighted by molar-refractivity contribution is 0.0357. The number of methoxy groups -OCH3 is 1. The van der Waals surface area contributed by atoms with Gasteiger partial charge in [0, 0.05) is 48.0 Å². The Labute approximate surface area is 232 Å². The monoisotopic (exact) mass is 538 g/mol. The molecule has 0 unspecified atom stereocenters. The van der Waals surface area contributed by atoms with Crippen LogP contribution < -0.4 is 20.1 Å². The molecule has 1 aromatic heterocycles. The fourth-order valence-corrected chi connectivity index (χ4v) is 4.44. The summed E-state index contributed by atoms with van der Waals surface area (Å²) in [6.07, 6.45) is 2.39. The number of nitrogens with zero attached hydrogens (tertiary/aromatic N) is 4. The molecule has 40 heavy (non-hydrogen) atoms. The first-order valence-electron chi connectivity index (χ1n) is 13.1. The number of morpholine rings is 1. The van der Waals surface area contributed by atoms with Gasteiger partial charge in [-0.15, -0.1) is 0 Å². The lowest BCUT2D eigenvalue weighted by Crippen LogP contribution is -2.37. The lowest BCUT2D eigenvalue weighted by atomic mass is 10.1. The van der Waals surface area contributed by atoms with Gasteiger partial charge in [0.25, 0.3) is 5.91 Å². The maximum atomic E-state index is 12.7. The molecule has 3 aromatic carbocycles. The fraction of sp³-hybridized carbons (Fsp3) is 0.267. The van der Waals surface area contributed by atoms with Crippen LogP contribution in [0.15, 0.2) is 67.0 Å². The number of hydrogen-bond acceptors (Lipinski definition) is 9. The summed E-state index contributed by atoms with van der Waals surface area (Å²) in [6.45, 7) is 5.01. The molecule has 0 atom stereocenters. The van der Waals surface area contributed by atoms with E-state index >= 15 is 0 Å². The summed E-state index contributed by atoms with van der Waals surface area (Å²) in [5.41, 5.74) is 3.03. The first-order chi connectivity index (χ1) is 19.6. The highest BCUT2D eigenvalue weighted by Crippen LogP contribution is 2.35. The average molecular weight is 539 g/mol. The van der Waals surface area contributed by atoms with Gasteiger partial charge in [0.1, 0.15) is 12.1 Å². The van der Waals surface area contributed by atoms with Crippen molar-refractivity contribution in [3.63, 3.8) is 0 Å². The van der Waals surface area contributed by atoms with Gasteiger partial charge in [0.05, 0.1) is 44.1 Å². The van der Waals surface area contributed by atoms with Crippen molar-refractivity contribution in [2.45, 2.75) is 6.42 Å². The third-order valence-electron chi connectivity index (χ3n) is 6.56. The lowest BCUT2D eigenvalue weighted by Gasteiger charge is -2.26. The van der Waals surface area contributed by atoms with Crippen molar-refractivity contribution in [1.29, 1.82) is 5.26 Å². The van der Waals surface area contributed by atoms with Gasteiger partial charge in [-0.05, 0) is 55.0 Å². The van der Waals surface area contributed by atoms with Crippen LogP contribution in [-0.2, 0) is 4.74 Å². The summed E-state index contributed by atoms with van der Waals surface area (Å²) < 4.78 is 17.1. The molecular weight excluding hydrogens is 508 g/mol. The molecule has 5 rings (SSSR count). The highest BCUT2D eigenvalue weighted by Gasteiger charge is 2.14. The van der Waals surface area contributed by atoms with Crippen molar-refractivity contribution in [1.82, 2.24) is 14.9 Å². The molecular formula is C30H30N6O4. The minimum Gasteiger partial charge on any atom is -0.493 e. The largest absolute Gasteiger partial charge is 0.493 e. The molecule has 0 bridgehead atoms. The number of ether oxygens (including phenoxy) is 3. The summed E-state index contributed by atoms with van der Waals surface area (Å²) in [6, 6.07) is 19.6. The minimum absolute atomic E-state index is 0.267. The Hall–Kier alpha value is -4.72. The zero-order valence-electron chi connectivity index (χ0n) is 22.2. The molecule has 4 aromatic rings. The number of benzene rings is 3. The number of aromatic nitrogens is 2. The molecule has 0 radical (unpaired) electrons.